The van der Waals surface area contributed by atoms with Gasteiger partial charge in [0.2, 0.25) is 5.91 Å². The Bertz CT molecular complexity index is 1490. The van der Waals surface area contributed by atoms with E-state index in [0.717, 1.165) is 12.0 Å². The van der Waals surface area contributed by atoms with Gasteiger partial charge in [0.05, 0.1) is 5.92 Å². The number of ketones is 1. The maximum absolute atomic E-state index is 14.8. The Morgan fingerprint density at radius 2 is 1.67 bits per heavy atom. The fourth-order valence-electron chi connectivity index (χ4n) is 7.45. The first kappa shape index (κ1) is 21.4. The van der Waals surface area contributed by atoms with E-state index in [9.17, 15) is 18.8 Å². The Morgan fingerprint density at radius 1 is 0.944 bits per heavy atom. The van der Waals surface area contributed by atoms with Crippen molar-refractivity contribution in [1.29, 1.82) is 0 Å². The quantitative estimate of drug-likeness (QED) is 0.539. The van der Waals surface area contributed by atoms with Crippen molar-refractivity contribution < 1.29 is 18.8 Å². The summed E-state index contributed by atoms with van der Waals surface area (Å²) in [7, 11) is 0. The van der Waals surface area contributed by atoms with E-state index in [0.29, 0.717) is 41.0 Å². The maximum Gasteiger partial charge on any atom is 0.251 e. The molecular formula is C29H24FN3O3. The zero-order valence-corrected chi connectivity index (χ0v) is 19.7. The summed E-state index contributed by atoms with van der Waals surface area (Å²) in [6.07, 6.45) is 1.44. The minimum absolute atomic E-state index is 0.173. The molecule has 2 amide bonds. The van der Waals surface area contributed by atoms with Gasteiger partial charge in [-0.3, -0.25) is 19.3 Å². The van der Waals surface area contributed by atoms with Gasteiger partial charge in [-0.15, -0.1) is 0 Å². The van der Waals surface area contributed by atoms with Gasteiger partial charge >= 0.3 is 0 Å². The molecular weight excluding hydrogens is 457 g/mol. The van der Waals surface area contributed by atoms with Crippen LogP contribution in [0.1, 0.15) is 39.9 Å². The number of para-hydroxylation sites is 1. The zero-order chi connectivity index (χ0) is 24.8. The Labute approximate surface area is 207 Å². The number of halogens is 1. The van der Waals surface area contributed by atoms with Crippen LogP contribution in [-0.4, -0.2) is 35.1 Å². The van der Waals surface area contributed by atoms with Crippen LogP contribution in [0, 0.1) is 18.7 Å². The normalized spacial score (nSPS) is 29.8. The lowest BCUT2D eigenvalue weighted by Gasteiger charge is -2.43. The van der Waals surface area contributed by atoms with Crippen LogP contribution in [0.4, 0.5) is 15.8 Å². The van der Waals surface area contributed by atoms with Gasteiger partial charge in [-0.25, -0.2) is 4.39 Å². The molecule has 36 heavy (non-hydrogen) atoms. The van der Waals surface area contributed by atoms with Crippen LogP contribution < -0.4 is 10.6 Å². The van der Waals surface area contributed by atoms with Crippen molar-refractivity contribution in [2.45, 2.75) is 36.8 Å². The molecule has 4 atom stereocenters. The molecule has 180 valence electrons. The highest BCUT2D eigenvalue weighted by Gasteiger charge is 2.81. The third kappa shape index (κ3) is 2.32. The molecule has 7 rings (SSSR count). The fourth-order valence-corrected chi connectivity index (χ4v) is 7.45. The second kappa shape index (κ2) is 7.11. The van der Waals surface area contributed by atoms with Crippen molar-refractivity contribution in [3.63, 3.8) is 0 Å². The molecule has 2 saturated heterocycles. The van der Waals surface area contributed by atoms with Gasteiger partial charge in [-0.05, 0) is 56.1 Å². The van der Waals surface area contributed by atoms with Gasteiger partial charge in [0.25, 0.3) is 5.91 Å². The summed E-state index contributed by atoms with van der Waals surface area (Å²) >= 11 is 0. The smallest absolute Gasteiger partial charge is 0.251 e. The minimum atomic E-state index is -1.56. The fraction of sp³-hybridized carbons (Fsp3) is 0.276. The lowest BCUT2D eigenvalue weighted by molar-refractivity contribution is -0.137. The number of nitrogens with zero attached hydrogens (tertiary/aromatic N) is 1. The number of carbonyl (C=O) groups excluding carboxylic acids is 3. The average molecular weight is 482 g/mol. The second-order valence-electron chi connectivity index (χ2n) is 10.3. The lowest BCUT2D eigenvalue weighted by atomic mass is 9.57. The summed E-state index contributed by atoms with van der Waals surface area (Å²) in [5.74, 6) is -2.27. The van der Waals surface area contributed by atoms with E-state index in [1.165, 1.54) is 12.1 Å². The molecule has 3 aromatic rings. The summed E-state index contributed by atoms with van der Waals surface area (Å²) in [6.45, 7) is 2.48. The molecule has 0 aliphatic carbocycles. The summed E-state index contributed by atoms with van der Waals surface area (Å²) in [4.78, 5) is 45.0. The number of aryl methyl sites for hydroxylation is 1. The van der Waals surface area contributed by atoms with Gasteiger partial charge in [0, 0.05) is 28.5 Å². The molecule has 4 aliphatic rings. The molecule has 0 radical (unpaired) electrons. The molecule has 0 saturated carbocycles. The first-order chi connectivity index (χ1) is 17.4. The van der Waals surface area contributed by atoms with Gasteiger partial charge in [0.1, 0.15) is 16.8 Å². The van der Waals surface area contributed by atoms with Crippen molar-refractivity contribution in [2.24, 2.45) is 5.92 Å². The number of benzene rings is 3. The number of hydrogen-bond acceptors (Lipinski definition) is 4. The number of carbonyl (C=O) groups is 3. The van der Waals surface area contributed by atoms with Gasteiger partial charge in [0.15, 0.2) is 5.78 Å². The molecule has 7 heteroatoms. The number of Topliss-reactive ketones (excluding diaryl/α,β-unsaturated/α-hetero) is 1. The van der Waals surface area contributed by atoms with Crippen LogP contribution in [0.15, 0.2) is 66.7 Å². The topological polar surface area (TPSA) is 78.5 Å². The SMILES string of the molecule is Cc1ccc(C(=O)C2C3CCCN3C3(C(=O)Nc4ccc(F)cc43)C23C(=O)Nc2ccccc23)cc1. The zero-order valence-electron chi connectivity index (χ0n) is 19.7. The lowest BCUT2D eigenvalue weighted by Crippen LogP contribution is -2.62. The molecule has 0 aromatic heterocycles. The Balaban J connectivity index is 1.59. The summed E-state index contributed by atoms with van der Waals surface area (Å²) in [6, 6.07) is 18.5. The van der Waals surface area contributed by atoms with Crippen LogP contribution in [0.25, 0.3) is 0 Å². The van der Waals surface area contributed by atoms with Gasteiger partial charge < -0.3 is 10.6 Å². The third-order valence-electron chi connectivity index (χ3n) is 8.68. The standard InChI is InChI=1S/C29H24FN3O3/c1-16-8-10-17(11-9-16)25(34)24-23-7-4-14-33(23)29(20-15-18(30)12-13-22(20)32-27(29)36)28(24)19-5-2-3-6-21(19)31-26(28)35/h2-3,5-6,8-13,15,23-24H,4,7,14H2,1H3,(H,31,35)(H,32,36). The van der Waals surface area contributed by atoms with E-state index in [-0.39, 0.29) is 17.7 Å². The van der Waals surface area contributed by atoms with E-state index in [2.05, 4.69) is 10.6 Å². The molecule has 0 bridgehead atoms. The van der Waals surface area contributed by atoms with Gasteiger partial charge in [-0.2, -0.15) is 0 Å². The molecule has 3 aromatic carbocycles. The predicted octanol–water partition coefficient (Wildman–Crippen LogP) is 4.15. The van der Waals surface area contributed by atoms with E-state index in [1.807, 2.05) is 42.2 Å². The van der Waals surface area contributed by atoms with Crippen LogP contribution >= 0.6 is 0 Å². The Morgan fingerprint density at radius 3 is 2.47 bits per heavy atom. The van der Waals surface area contributed by atoms with E-state index < -0.39 is 28.6 Å². The highest BCUT2D eigenvalue weighted by atomic mass is 19.1. The Kier molecular flexibility index (Phi) is 4.23. The number of fused-ring (bicyclic) bond motifs is 7. The largest absolute Gasteiger partial charge is 0.325 e. The highest BCUT2D eigenvalue weighted by molar-refractivity contribution is 6.21. The average Bonchev–Trinajstić information content (AvgIpc) is 3.58. The number of anilines is 2. The van der Waals surface area contributed by atoms with Crippen LogP contribution in [0.5, 0.6) is 0 Å². The maximum atomic E-state index is 14.8. The minimum Gasteiger partial charge on any atom is -0.325 e. The molecule has 4 heterocycles. The number of nitrogens with one attached hydrogen (secondary N) is 2. The van der Waals surface area contributed by atoms with Gasteiger partial charge in [-0.1, -0.05) is 48.0 Å². The summed E-state index contributed by atoms with van der Waals surface area (Å²) in [5, 5.41) is 5.93. The summed E-state index contributed by atoms with van der Waals surface area (Å²) in [5.41, 5.74) is 0.522. The molecule has 2 spiro atoms. The van der Waals surface area contributed by atoms with E-state index in [1.54, 1.807) is 24.3 Å². The van der Waals surface area contributed by atoms with Crippen molar-refractivity contribution in [3.8, 4) is 0 Å². The molecule has 2 N–H and O–H groups in total. The molecule has 2 fully saturated rings. The molecule has 6 nitrogen and oxygen atoms in total. The number of hydrogen-bond donors (Lipinski definition) is 2. The second-order valence-corrected chi connectivity index (χ2v) is 10.3. The predicted molar refractivity (Wildman–Crippen MR) is 132 cm³/mol. The third-order valence-corrected chi connectivity index (χ3v) is 8.68. The van der Waals surface area contributed by atoms with E-state index >= 15 is 0 Å². The first-order valence-corrected chi connectivity index (χ1v) is 12.3. The van der Waals surface area contributed by atoms with Crippen molar-refractivity contribution in [1.82, 2.24) is 4.90 Å². The van der Waals surface area contributed by atoms with Crippen molar-refractivity contribution >= 4 is 29.0 Å². The Hall–Kier alpha value is -3.84. The molecule has 4 unspecified atom stereocenters. The van der Waals surface area contributed by atoms with Crippen LogP contribution in [-0.2, 0) is 20.5 Å². The number of amides is 2. The first-order valence-electron chi connectivity index (χ1n) is 12.3. The van der Waals surface area contributed by atoms with Crippen molar-refractivity contribution in [2.75, 3.05) is 17.2 Å². The van der Waals surface area contributed by atoms with Crippen molar-refractivity contribution in [3.05, 3.63) is 94.8 Å². The van der Waals surface area contributed by atoms with Crippen LogP contribution in [0.3, 0.4) is 0 Å². The number of rotatable bonds is 2. The van der Waals surface area contributed by atoms with E-state index in [4.69, 9.17) is 0 Å². The summed E-state index contributed by atoms with van der Waals surface area (Å²) < 4.78 is 14.8. The highest BCUT2D eigenvalue weighted by Crippen LogP contribution is 2.67. The monoisotopic (exact) mass is 481 g/mol. The molecule has 4 aliphatic heterocycles. The van der Waals surface area contributed by atoms with Crippen LogP contribution in [0.2, 0.25) is 0 Å².